The molecule has 37 heavy (non-hydrogen) atoms. The smallest absolute Gasteiger partial charge is 0.355 e. The molecule has 0 spiro atoms. The van der Waals surface area contributed by atoms with Crippen LogP contribution in [-0.4, -0.2) is 40.2 Å². The van der Waals surface area contributed by atoms with E-state index < -0.39 is 27.5 Å². The fourth-order valence-corrected chi connectivity index (χ4v) is 3.75. The number of primary amides is 1. The highest BCUT2D eigenvalue weighted by Crippen LogP contribution is 2.35. The van der Waals surface area contributed by atoms with Crippen LogP contribution in [0.15, 0.2) is 61.1 Å². The molecule has 2 heterocycles. The van der Waals surface area contributed by atoms with E-state index in [1.54, 1.807) is 4.72 Å². The number of anilines is 3. The summed E-state index contributed by atoms with van der Waals surface area (Å²) in [7, 11) is -5.02. The van der Waals surface area contributed by atoms with E-state index in [1.165, 1.54) is 61.1 Å². The molecule has 0 saturated carbocycles. The van der Waals surface area contributed by atoms with Crippen molar-refractivity contribution in [1.82, 2.24) is 20.2 Å². The summed E-state index contributed by atoms with van der Waals surface area (Å²) in [6.45, 7) is -0.154. The highest BCUT2D eigenvalue weighted by molar-refractivity contribution is 7.93. The Morgan fingerprint density at radius 2 is 1.89 bits per heavy atom. The Kier molecular flexibility index (Phi) is 7.24. The summed E-state index contributed by atoms with van der Waals surface area (Å²) in [6.07, 6.45) is 4.27. The van der Waals surface area contributed by atoms with Gasteiger partial charge in [0.1, 0.15) is 29.6 Å². The molecule has 0 unspecified atom stereocenters. The van der Waals surface area contributed by atoms with Crippen LogP contribution >= 0.6 is 0 Å². The van der Waals surface area contributed by atoms with Crippen LogP contribution < -0.4 is 20.5 Å². The van der Waals surface area contributed by atoms with Crippen molar-refractivity contribution in [2.75, 3.05) is 10.0 Å². The van der Waals surface area contributed by atoms with Gasteiger partial charge in [-0.2, -0.15) is 13.9 Å². The first kappa shape index (κ1) is 25.4. The van der Waals surface area contributed by atoms with E-state index in [2.05, 4.69) is 25.5 Å². The average molecular weight is 533 g/mol. The third-order valence-corrected chi connectivity index (χ3v) is 5.86. The topological polar surface area (TPSA) is 165 Å². The molecule has 2 aromatic heterocycles. The molecule has 4 rings (SSSR count). The van der Waals surface area contributed by atoms with Crippen LogP contribution in [0.25, 0.3) is 11.3 Å². The number of aromatic amines is 1. The molecular weight excluding hydrogens is 515 g/mol. The van der Waals surface area contributed by atoms with Gasteiger partial charge in [0.2, 0.25) is 0 Å². The number of H-pyrrole nitrogens is 1. The van der Waals surface area contributed by atoms with Crippen LogP contribution in [0.1, 0.15) is 15.9 Å². The van der Waals surface area contributed by atoms with E-state index in [9.17, 15) is 26.4 Å². The summed E-state index contributed by atoms with van der Waals surface area (Å²) < 4.78 is 70.2. The molecule has 0 fully saturated rings. The summed E-state index contributed by atoms with van der Waals surface area (Å²) in [4.78, 5) is 20.2. The highest BCUT2D eigenvalue weighted by atomic mass is 32.2. The minimum Gasteiger partial charge on any atom is -0.487 e. The molecule has 4 aromatic rings. The van der Waals surface area contributed by atoms with Crippen LogP contribution in [0.3, 0.4) is 0 Å². The number of sulfonamides is 1. The number of ether oxygens (including phenoxy) is 1. The number of aromatic nitrogens is 4. The zero-order chi connectivity index (χ0) is 26.6. The standard InChI is InChI=1S/C22H18F3N7O4S/c23-14-4-1-12(2-5-14)11-36-16-9-13(3-6-15(16)32-37(34,35)22(24)25)19-18(20(26)33)21(31-30-19)29-17-10-27-7-8-28-17/h1-10,22,32H,11H2,(H2,26,33)(H2,28,29,30,31). The second-order valence-corrected chi connectivity index (χ2v) is 9.09. The zero-order valence-electron chi connectivity index (χ0n) is 18.7. The summed E-state index contributed by atoms with van der Waals surface area (Å²) in [5.41, 5.74) is 6.14. The van der Waals surface area contributed by atoms with Crippen molar-refractivity contribution in [2.45, 2.75) is 12.4 Å². The number of amides is 1. The number of carbonyl (C=O) groups is 1. The second-order valence-electron chi connectivity index (χ2n) is 7.44. The number of hydrogen-bond acceptors (Lipinski definition) is 8. The van der Waals surface area contributed by atoms with Crippen LogP contribution in [0.2, 0.25) is 0 Å². The summed E-state index contributed by atoms with van der Waals surface area (Å²) in [5, 5.41) is 9.53. The molecule has 15 heteroatoms. The van der Waals surface area contributed by atoms with Crippen molar-refractivity contribution in [3.63, 3.8) is 0 Å². The molecule has 0 atom stereocenters. The quantitative estimate of drug-likeness (QED) is 0.241. The molecule has 11 nitrogen and oxygen atoms in total. The number of benzene rings is 2. The van der Waals surface area contributed by atoms with Crippen molar-refractivity contribution in [3.05, 3.63) is 78.0 Å². The fraction of sp³-hybridized carbons (Fsp3) is 0.0909. The van der Waals surface area contributed by atoms with E-state index in [1.807, 2.05) is 0 Å². The van der Waals surface area contributed by atoms with E-state index >= 15 is 0 Å². The van der Waals surface area contributed by atoms with Crippen LogP contribution in [0.4, 0.5) is 30.5 Å². The van der Waals surface area contributed by atoms with Gasteiger partial charge in [-0.15, -0.1) is 0 Å². The molecular formula is C22H18F3N7O4S. The molecule has 0 saturated heterocycles. The van der Waals surface area contributed by atoms with Gasteiger partial charge in [0.15, 0.2) is 5.82 Å². The van der Waals surface area contributed by atoms with Crippen molar-refractivity contribution in [2.24, 2.45) is 5.73 Å². The minimum absolute atomic E-state index is 0.0410. The predicted molar refractivity (Wildman–Crippen MR) is 127 cm³/mol. The number of hydrogen-bond donors (Lipinski definition) is 4. The lowest BCUT2D eigenvalue weighted by atomic mass is 10.1. The molecule has 5 N–H and O–H groups in total. The van der Waals surface area contributed by atoms with Gasteiger partial charge in [-0.05, 0) is 29.8 Å². The summed E-state index contributed by atoms with van der Waals surface area (Å²) in [5.74, 6) is -4.85. The minimum atomic E-state index is -5.02. The lowest BCUT2D eigenvalue weighted by Crippen LogP contribution is -2.21. The summed E-state index contributed by atoms with van der Waals surface area (Å²) >= 11 is 0. The van der Waals surface area contributed by atoms with E-state index in [-0.39, 0.29) is 46.5 Å². The van der Waals surface area contributed by atoms with Gasteiger partial charge in [-0.25, -0.2) is 17.8 Å². The molecule has 0 aliphatic carbocycles. The molecule has 2 aromatic carbocycles. The Morgan fingerprint density at radius 3 is 2.54 bits per heavy atom. The monoisotopic (exact) mass is 533 g/mol. The molecule has 1 amide bonds. The van der Waals surface area contributed by atoms with Crippen molar-refractivity contribution < 1.29 is 31.1 Å². The third-order valence-electron chi connectivity index (χ3n) is 4.89. The first-order valence-electron chi connectivity index (χ1n) is 10.4. The molecule has 0 bridgehead atoms. The second kappa shape index (κ2) is 10.5. The maximum absolute atomic E-state index is 13.2. The lowest BCUT2D eigenvalue weighted by Gasteiger charge is -2.15. The maximum Gasteiger partial charge on any atom is 0.355 e. The molecule has 0 radical (unpaired) electrons. The number of nitrogens with one attached hydrogen (secondary N) is 3. The number of rotatable bonds is 10. The number of carbonyl (C=O) groups excluding carboxylic acids is 1. The number of alkyl halides is 2. The van der Waals surface area contributed by atoms with Gasteiger partial charge < -0.3 is 15.8 Å². The van der Waals surface area contributed by atoms with Gasteiger partial charge >= 0.3 is 5.76 Å². The number of halogens is 3. The first-order valence-corrected chi connectivity index (χ1v) is 11.9. The highest BCUT2D eigenvalue weighted by Gasteiger charge is 2.26. The molecule has 0 aliphatic heterocycles. The van der Waals surface area contributed by atoms with Crippen LogP contribution in [0, 0.1) is 5.82 Å². The van der Waals surface area contributed by atoms with Crippen LogP contribution in [-0.2, 0) is 16.6 Å². The van der Waals surface area contributed by atoms with Crippen LogP contribution in [0.5, 0.6) is 5.75 Å². The normalized spacial score (nSPS) is 11.4. The maximum atomic E-state index is 13.2. The Hall–Kier alpha value is -4.66. The van der Waals surface area contributed by atoms with Gasteiger partial charge in [-0.3, -0.25) is 19.6 Å². The van der Waals surface area contributed by atoms with Crippen molar-refractivity contribution in [3.8, 4) is 17.0 Å². The largest absolute Gasteiger partial charge is 0.487 e. The van der Waals surface area contributed by atoms with Gasteiger partial charge in [-0.1, -0.05) is 18.2 Å². The number of nitrogens with two attached hydrogens (primary N) is 1. The Balaban J connectivity index is 1.72. The summed E-state index contributed by atoms with van der Waals surface area (Å²) in [6, 6.07) is 9.10. The third kappa shape index (κ3) is 5.95. The SMILES string of the molecule is NC(=O)c1c(Nc2cnccn2)n[nH]c1-c1ccc(NS(=O)(=O)C(F)F)c(OCc2ccc(F)cc2)c1. The van der Waals surface area contributed by atoms with E-state index in [0.29, 0.717) is 5.56 Å². The van der Waals surface area contributed by atoms with Gasteiger partial charge in [0, 0.05) is 18.0 Å². The average Bonchev–Trinajstić information content (AvgIpc) is 3.28. The van der Waals surface area contributed by atoms with Gasteiger partial charge in [0.05, 0.1) is 17.6 Å². The first-order chi connectivity index (χ1) is 17.6. The Morgan fingerprint density at radius 1 is 1.14 bits per heavy atom. The van der Waals surface area contributed by atoms with Crippen molar-refractivity contribution >= 4 is 33.3 Å². The molecule has 192 valence electrons. The molecule has 0 aliphatic rings. The fourth-order valence-electron chi connectivity index (χ4n) is 3.19. The number of nitrogens with zero attached hydrogens (tertiary/aromatic N) is 3. The van der Waals surface area contributed by atoms with Crippen molar-refractivity contribution in [1.29, 1.82) is 0 Å². The lowest BCUT2D eigenvalue weighted by molar-refractivity contribution is 0.100. The predicted octanol–water partition coefficient (Wildman–Crippen LogP) is 3.39. The zero-order valence-corrected chi connectivity index (χ0v) is 19.5. The van der Waals surface area contributed by atoms with E-state index in [4.69, 9.17) is 10.5 Å². The Labute approximate surface area is 208 Å². The van der Waals surface area contributed by atoms with E-state index in [0.717, 1.165) is 0 Å². The van der Waals surface area contributed by atoms with Gasteiger partial charge in [0.25, 0.3) is 15.9 Å². The Bertz CT molecular complexity index is 1520.